The number of hydrogen-bond acceptors (Lipinski definition) is 2. The summed E-state index contributed by atoms with van der Waals surface area (Å²) in [5.41, 5.74) is 5.29. The molecule has 0 atom stereocenters. The zero-order valence-electron chi connectivity index (χ0n) is 7.56. The summed E-state index contributed by atoms with van der Waals surface area (Å²) in [6, 6.07) is 0. The van der Waals surface area contributed by atoms with Gasteiger partial charge < -0.3 is 5.73 Å². The average molecular weight is 154 g/mol. The lowest BCUT2D eigenvalue weighted by molar-refractivity contribution is 0.342. The highest BCUT2D eigenvalue weighted by molar-refractivity contribution is 5.01. The normalized spacial score (nSPS) is 9.45. The lowest BCUT2D eigenvalue weighted by atomic mass is 10.4. The van der Waals surface area contributed by atoms with E-state index in [0.717, 1.165) is 26.1 Å². The lowest BCUT2D eigenvalue weighted by Crippen LogP contribution is -2.22. The predicted molar refractivity (Wildman–Crippen MR) is 49.2 cm³/mol. The lowest BCUT2D eigenvalue weighted by Gasteiger charge is -2.13. The number of nitrogens with zero attached hydrogens (tertiary/aromatic N) is 1. The van der Waals surface area contributed by atoms with Crippen molar-refractivity contribution in [3.05, 3.63) is 0 Å². The van der Waals surface area contributed by atoms with Crippen molar-refractivity contribution in [3.63, 3.8) is 0 Å². The SMILES string of the molecule is CCN(CC)CC#CCCN. The Hall–Kier alpha value is -0.520. The maximum absolute atomic E-state index is 5.29. The molecule has 64 valence electrons. The largest absolute Gasteiger partial charge is 0.330 e. The summed E-state index contributed by atoms with van der Waals surface area (Å²) in [5, 5.41) is 0. The van der Waals surface area contributed by atoms with Crippen molar-refractivity contribution in [2.75, 3.05) is 26.2 Å². The molecule has 0 bridgehead atoms. The summed E-state index contributed by atoms with van der Waals surface area (Å²) in [6.07, 6.45) is 0.821. The minimum atomic E-state index is 0.672. The van der Waals surface area contributed by atoms with Gasteiger partial charge in [-0.2, -0.15) is 0 Å². The third-order valence-corrected chi connectivity index (χ3v) is 1.59. The minimum absolute atomic E-state index is 0.672. The summed E-state index contributed by atoms with van der Waals surface area (Å²) in [7, 11) is 0. The number of nitrogens with two attached hydrogens (primary N) is 1. The summed E-state index contributed by atoms with van der Waals surface area (Å²) in [6.45, 7) is 8.00. The molecule has 0 rings (SSSR count). The van der Waals surface area contributed by atoms with E-state index in [1.807, 2.05) is 0 Å². The van der Waals surface area contributed by atoms with E-state index in [2.05, 4.69) is 30.6 Å². The van der Waals surface area contributed by atoms with Crippen LogP contribution in [0.5, 0.6) is 0 Å². The molecule has 0 radical (unpaired) electrons. The Kier molecular flexibility index (Phi) is 7.23. The van der Waals surface area contributed by atoms with Crippen molar-refractivity contribution < 1.29 is 0 Å². The van der Waals surface area contributed by atoms with Crippen LogP contribution in [0.3, 0.4) is 0 Å². The van der Waals surface area contributed by atoms with Gasteiger partial charge >= 0.3 is 0 Å². The monoisotopic (exact) mass is 154 g/mol. The fourth-order valence-electron chi connectivity index (χ4n) is 0.775. The molecule has 0 aromatic carbocycles. The van der Waals surface area contributed by atoms with Gasteiger partial charge in [0.05, 0.1) is 6.54 Å². The quantitative estimate of drug-likeness (QED) is 0.603. The molecule has 2 N–H and O–H groups in total. The highest BCUT2D eigenvalue weighted by atomic mass is 15.1. The van der Waals surface area contributed by atoms with Crippen LogP contribution in [0.4, 0.5) is 0 Å². The van der Waals surface area contributed by atoms with Gasteiger partial charge in [-0.05, 0) is 13.1 Å². The third-order valence-electron chi connectivity index (χ3n) is 1.59. The summed E-state index contributed by atoms with van der Waals surface area (Å²) >= 11 is 0. The smallest absolute Gasteiger partial charge is 0.0601 e. The molecule has 0 amide bonds. The first-order valence-electron chi connectivity index (χ1n) is 4.23. The van der Waals surface area contributed by atoms with E-state index in [4.69, 9.17) is 5.73 Å². The summed E-state index contributed by atoms with van der Waals surface area (Å²) in [4.78, 5) is 2.28. The van der Waals surface area contributed by atoms with Crippen LogP contribution in [0, 0.1) is 11.8 Å². The van der Waals surface area contributed by atoms with E-state index in [1.54, 1.807) is 0 Å². The first-order chi connectivity index (χ1) is 5.35. The third kappa shape index (κ3) is 5.90. The maximum Gasteiger partial charge on any atom is 0.0601 e. The fraction of sp³-hybridized carbons (Fsp3) is 0.778. The van der Waals surface area contributed by atoms with Gasteiger partial charge in [-0.1, -0.05) is 19.8 Å². The molecule has 0 unspecified atom stereocenters. The van der Waals surface area contributed by atoms with Crippen LogP contribution >= 0.6 is 0 Å². The standard InChI is InChI=1S/C9H18N2/c1-3-11(4-2)9-7-5-6-8-10/h3-4,6,8-10H2,1-2H3. The number of hydrogen-bond donors (Lipinski definition) is 1. The van der Waals surface area contributed by atoms with Gasteiger partial charge in [0.25, 0.3) is 0 Å². The molecule has 0 aromatic heterocycles. The summed E-state index contributed by atoms with van der Waals surface area (Å²) in [5.74, 6) is 6.10. The molecular weight excluding hydrogens is 136 g/mol. The van der Waals surface area contributed by atoms with E-state index >= 15 is 0 Å². The molecule has 2 nitrogen and oxygen atoms in total. The Morgan fingerprint density at radius 2 is 1.82 bits per heavy atom. The molecule has 0 fully saturated rings. The van der Waals surface area contributed by atoms with Crippen molar-refractivity contribution >= 4 is 0 Å². The highest BCUT2D eigenvalue weighted by Gasteiger charge is 1.92. The highest BCUT2D eigenvalue weighted by Crippen LogP contribution is 1.83. The first kappa shape index (κ1) is 10.5. The van der Waals surface area contributed by atoms with Crippen molar-refractivity contribution in [3.8, 4) is 11.8 Å². The van der Waals surface area contributed by atoms with Gasteiger partial charge in [-0.3, -0.25) is 4.90 Å². The molecule has 2 heteroatoms. The van der Waals surface area contributed by atoms with E-state index in [9.17, 15) is 0 Å². The molecule has 0 saturated carbocycles. The van der Waals surface area contributed by atoms with Gasteiger partial charge in [0, 0.05) is 13.0 Å². The number of rotatable bonds is 4. The van der Waals surface area contributed by atoms with Crippen LogP contribution in [-0.2, 0) is 0 Å². The molecule has 0 saturated heterocycles. The van der Waals surface area contributed by atoms with Crippen LogP contribution in [0.15, 0.2) is 0 Å². The van der Waals surface area contributed by atoms with Crippen molar-refractivity contribution in [1.29, 1.82) is 0 Å². The predicted octanol–water partition coefficient (Wildman–Crippen LogP) is 0.680. The topological polar surface area (TPSA) is 29.3 Å². The fourth-order valence-corrected chi connectivity index (χ4v) is 0.775. The molecule has 0 heterocycles. The Balaban J connectivity index is 3.43. The average Bonchev–Trinajstić information content (AvgIpc) is 2.05. The van der Waals surface area contributed by atoms with E-state index in [0.29, 0.717) is 6.54 Å². The van der Waals surface area contributed by atoms with E-state index in [1.165, 1.54) is 0 Å². The zero-order chi connectivity index (χ0) is 8.53. The molecular formula is C9H18N2. The van der Waals surface area contributed by atoms with Gasteiger partial charge in [0.15, 0.2) is 0 Å². The molecule has 0 spiro atoms. The van der Waals surface area contributed by atoms with E-state index < -0.39 is 0 Å². The van der Waals surface area contributed by atoms with Crippen LogP contribution in [0.25, 0.3) is 0 Å². The molecule has 0 aliphatic rings. The van der Waals surface area contributed by atoms with Crippen LogP contribution in [0.1, 0.15) is 20.3 Å². The van der Waals surface area contributed by atoms with Gasteiger partial charge in [0.2, 0.25) is 0 Å². The maximum atomic E-state index is 5.29. The molecule has 11 heavy (non-hydrogen) atoms. The van der Waals surface area contributed by atoms with Crippen LogP contribution < -0.4 is 5.73 Å². The minimum Gasteiger partial charge on any atom is -0.330 e. The second kappa shape index (κ2) is 7.59. The molecule has 0 aliphatic carbocycles. The Labute approximate surface area is 69.8 Å². The Morgan fingerprint density at radius 3 is 2.27 bits per heavy atom. The van der Waals surface area contributed by atoms with Gasteiger partial charge in [-0.25, -0.2) is 0 Å². The second-order valence-corrected chi connectivity index (χ2v) is 2.35. The Morgan fingerprint density at radius 1 is 1.18 bits per heavy atom. The van der Waals surface area contributed by atoms with Crippen molar-refractivity contribution in [2.24, 2.45) is 5.73 Å². The second-order valence-electron chi connectivity index (χ2n) is 2.35. The Bertz CT molecular complexity index is 128. The first-order valence-corrected chi connectivity index (χ1v) is 4.23. The van der Waals surface area contributed by atoms with Gasteiger partial charge in [-0.15, -0.1) is 5.92 Å². The van der Waals surface area contributed by atoms with Crippen molar-refractivity contribution in [2.45, 2.75) is 20.3 Å². The van der Waals surface area contributed by atoms with Crippen molar-refractivity contribution in [1.82, 2.24) is 4.90 Å². The molecule has 0 aromatic rings. The van der Waals surface area contributed by atoms with Crippen LogP contribution in [-0.4, -0.2) is 31.1 Å². The van der Waals surface area contributed by atoms with E-state index in [-0.39, 0.29) is 0 Å². The molecule has 0 aliphatic heterocycles. The van der Waals surface area contributed by atoms with Crippen LogP contribution in [0.2, 0.25) is 0 Å². The zero-order valence-corrected chi connectivity index (χ0v) is 7.56. The summed E-state index contributed by atoms with van der Waals surface area (Å²) < 4.78 is 0. The van der Waals surface area contributed by atoms with Gasteiger partial charge in [0.1, 0.15) is 0 Å².